The van der Waals surface area contributed by atoms with Crippen LogP contribution in [0.25, 0.3) is 0 Å². The number of aliphatic carboxylic acids is 1. The van der Waals surface area contributed by atoms with Crippen LogP contribution in [0.15, 0.2) is 10.7 Å². The monoisotopic (exact) mass is 135 g/mol. The van der Waals surface area contributed by atoms with E-state index in [0.717, 1.165) is 0 Å². The Bertz CT molecular complexity index is 137. The molecule has 0 aliphatic heterocycles. The minimum absolute atomic E-state index is 0.124. The second-order valence-electron chi connectivity index (χ2n) is 1.30. The van der Waals surface area contributed by atoms with Gasteiger partial charge in [0, 0.05) is 5.70 Å². The molecule has 0 aromatic carbocycles. The predicted molar refractivity (Wildman–Crippen MR) is 30.4 cm³/mol. The van der Waals surface area contributed by atoms with Gasteiger partial charge < -0.3 is 10.8 Å². The third kappa shape index (κ3) is 1.84. The first-order valence-electron chi connectivity index (χ1n) is 1.91. The molecule has 3 nitrogen and oxygen atoms in total. The van der Waals surface area contributed by atoms with E-state index in [4.69, 9.17) is 22.4 Å². The van der Waals surface area contributed by atoms with Crippen LogP contribution < -0.4 is 5.73 Å². The van der Waals surface area contributed by atoms with Crippen LogP contribution in [0, 0.1) is 0 Å². The smallest absolute Gasteiger partial charge is 0.349 e. The van der Waals surface area contributed by atoms with Crippen LogP contribution in [0.4, 0.5) is 0 Å². The Kier molecular flexibility index (Phi) is 2.34. The van der Waals surface area contributed by atoms with Crippen LogP contribution in [0.3, 0.4) is 0 Å². The molecule has 4 heteroatoms. The Labute approximate surface area is 51.7 Å². The summed E-state index contributed by atoms with van der Waals surface area (Å²) in [5, 5.41) is 7.77. The summed E-state index contributed by atoms with van der Waals surface area (Å²) in [4.78, 5) is 9.87. The minimum atomic E-state index is -1.19. The molecule has 0 saturated heterocycles. The van der Waals surface area contributed by atoms with Crippen LogP contribution in [-0.2, 0) is 4.79 Å². The number of rotatable bonds is 1. The zero-order valence-corrected chi connectivity index (χ0v) is 5.07. The van der Waals surface area contributed by atoms with Crippen molar-refractivity contribution in [1.82, 2.24) is 0 Å². The quantitative estimate of drug-likeness (QED) is 0.515. The van der Waals surface area contributed by atoms with Crippen molar-refractivity contribution in [3.8, 4) is 0 Å². The predicted octanol–water partition coefficient (Wildman–Crippen LogP) is 0.500. The third-order valence-corrected chi connectivity index (χ3v) is 0.994. The molecule has 0 amide bonds. The van der Waals surface area contributed by atoms with E-state index in [1.165, 1.54) is 6.92 Å². The summed E-state index contributed by atoms with van der Waals surface area (Å²) < 4.78 is 0. The molecule has 46 valence electrons. The van der Waals surface area contributed by atoms with Gasteiger partial charge in [0.25, 0.3) is 0 Å². The third-order valence-electron chi connectivity index (χ3n) is 0.534. The van der Waals surface area contributed by atoms with Crippen molar-refractivity contribution >= 4 is 17.6 Å². The van der Waals surface area contributed by atoms with Gasteiger partial charge in [-0.15, -0.1) is 0 Å². The zero-order valence-electron chi connectivity index (χ0n) is 4.31. The molecule has 0 spiro atoms. The van der Waals surface area contributed by atoms with Crippen LogP contribution in [0.5, 0.6) is 0 Å². The first-order chi connectivity index (χ1) is 3.55. The summed E-state index contributed by atoms with van der Waals surface area (Å²) in [5.41, 5.74) is 5.13. The molecular formula is C4H6ClNO2. The number of carbonyl (C=O) groups is 1. The van der Waals surface area contributed by atoms with E-state index >= 15 is 0 Å². The minimum Gasteiger partial charge on any atom is -0.477 e. The lowest BCUT2D eigenvalue weighted by Gasteiger charge is -1.90. The number of hydrogen-bond acceptors (Lipinski definition) is 2. The fourth-order valence-corrected chi connectivity index (χ4v) is 0.169. The summed E-state index contributed by atoms with van der Waals surface area (Å²) in [6.07, 6.45) is 0. The molecule has 3 N–H and O–H groups in total. The Morgan fingerprint density at radius 1 is 1.75 bits per heavy atom. The van der Waals surface area contributed by atoms with Crippen LogP contribution in [0.2, 0.25) is 0 Å². The molecule has 0 bridgehead atoms. The van der Waals surface area contributed by atoms with Crippen LogP contribution in [0.1, 0.15) is 6.92 Å². The number of halogens is 1. The van der Waals surface area contributed by atoms with E-state index in [-0.39, 0.29) is 10.7 Å². The summed E-state index contributed by atoms with van der Waals surface area (Å²) >= 11 is 5.11. The number of allylic oxidation sites excluding steroid dienone is 1. The topological polar surface area (TPSA) is 63.3 Å². The highest BCUT2D eigenvalue weighted by atomic mass is 35.5. The maximum atomic E-state index is 9.87. The summed E-state index contributed by atoms with van der Waals surface area (Å²) in [5.74, 6) is -1.19. The van der Waals surface area contributed by atoms with Crippen molar-refractivity contribution in [2.24, 2.45) is 5.73 Å². The lowest BCUT2D eigenvalue weighted by atomic mass is 10.4. The first kappa shape index (κ1) is 7.30. The Balaban J connectivity index is 4.23. The standard InChI is InChI=1S/C4H6ClNO2/c1-2(6)3(5)4(7)8/h6H2,1H3,(H,7,8)/b3-2+. The van der Waals surface area contributed by atoms with Crippen molar-refractivity contribution in [3.05, 3.63) is 10.7 Å². The van der Waals surface area contributed by atoms with Gasteiger partial charge in [-0.25, -0.2) is 4.79 Å². The largest absolute Gasteiger partial charge is 0.477 e. The van der Waals surface area contributed by atoms with E-state index in [1.54, 1.807) is 0 Å². The molecule has 0 heterocycles. The summed E-state index contributed by atoms with van der Waals surface area (Å²) in [7, 11) is 0. The molecular weight excluding hydrogens is 130 g/mol. The van der Waals surface area contributed by atoms with Crippen molar-refractivity contribution in [1.29, 1.82) is 0 Å². The molecule has 0 aromatic heterocycles. The second-order valence-corrected chi connectivity index (χ2v) is 1.68. The first-order valence-corrected chi connectivity index (χ1v) is 2.28. The Morgan fingerprint density at radius 2 is 2.12 bits per heavy atom. The molecule has 0 rings (SSSR count). The number of carboxylic acid groups (broad SMARTS) is 1. The molecule has 0 atom stereocenters. The molecule has 0 aromatic rings. The maximum Gasteiger partial charge on any atom is 0.349 e. The van der Waals surface area contributed by atoms with Gasteiger partial charge in [-0.1, -0.05) is 11.6 Å². The summed E-state index contributed by atoms with van der Waals surface area (Å²) in [6.45, 7) is 1.43. The molecule has 0 unspecified atom stereocenters. The van der Waals surface area contributed by atoms with Gasteiger partial charge in [-0.2, -0.15) is 0 Å². The van der Waals surface area contributed by atoms with Gasteiger partial charge in [0.1, 0.15) is 5.03 Å². The highest BCUT2D eigenvalue weighted by Crippen LogP contribution is 2.02. The number of hydrogen-bond donors (Lipinski definition) is 2. The molecule has 0 radical (unpaired) electrons. The molecule has 0 aliphatic carbocycles. The average molecular weight is 136 g/mol. The fraction of sp³-hybridized carbons (Fsp3) is 0.250. The van der Waals surface area contributed by atoms with Gasteiger partial charge >= 0.3 is 5.97 Å². The SMILES string of the molecule is C/C(N)=C(\Cl)C(=O)O. The second kappa shape index (κ2) is 2.57. The summed E-state index contributed by atoms with van der Waals surface area (Å²) in [6, 6.07) is 0. The van der Waals surface area contributed by atoms with Crippen molar-refractivity contribution in [3.63, 3.8) is 0 Å². The van der Waals surface area contributed by atoms with E-state index in [0.29, 0.717) is 0 Å². The van der Waals surface area contributed by atoms with Crippen molar-refractivity contribution in [2.75, 3.05) is 0 Å². The maximum absolute atomic E-state index is 9.87. The molecule has 8 heavy (non-hydrogen) atoms. The van der Waals surface area contributed by atoms with Gasteiger partial charge in [0.05, 0.1) is 0 Å². The van der Waals surface area contributed by atoms with Crippen LogP contribution >= 0.6 is 11.6 Å². The lowest BCUT2D eigenvalue weighted by molar-refractivity contribution is -0.131. The van der Waals surface area contributed by atoms with E-state index in [2.05, 4.69) is 0 Å². The highest BCUT2D eigenvalue weighted by molar-refractivity contribution is 6.41. The van der Waals surface area contributed by atoms with Gasteiger partial charge in [0.2, 0.25) is 0 Å². The van der Waals surface area contributed by atoms with Crippen LogP contribution in [-0.4, -0.2) is 11.1 Å². The molecule has 0 saturated carbocycles. The number of carboxylic acids is 1. The van der Waals surface area contributed by atoms with E-state index in [9.17, 15) is 4.79 Å². The van der Waals surface area contributed by atoms with Crippen molar-refractivity contribution in [2.45, 2.75) is 6.92 Å². The van der Waals surface area contributed by atoms with Crippen molar-refractivity contribution < 1.29 is 9.90 Å². The normalized spacial score (nSPS) is 12.8. The molecule has 0 fully saturated rings. The zero-order chi connectivity index (χ0) is 6.73. The Morgan fingerprint density at radius 3 is 2.12 bits per heavy atom. The Hall–Kier alpha value is -0.700. The van der Waals surface area contributed by atoms with Gasteiger partial charge in [0.15, 0.2) is 0 Å². The van der Waals surface area contributed by atoms with E-state index in [1.807, 2.05) is 0 Å². The van der Waals surface area contributed by atoms with Gasteiger partial charge in [-0.05, 0) is 6.92 Å². The number of nitrogens with two attached hydrogens (primary N) is 1. The highest BCUT2D eigenvalue weighted by Gasteiger charge is 2.03. The van der Waals surface area contributed by atoms with E-state index < -0.39 is 5.97 Å². The molecule has 0 aliphatic rings. The lowest BCUT2D eigenvalue weighted by Crippen LogP contribution is -2.02. The fourth-order valence-electron chi connectivity index (χ4n) is 0.169. The van der Waals surface area contributed by atoms with Gasteiger partial charge in [-0.3, -0.25) is 0 Å². The average Bonchev–Trinajstić information content (AvgIpc) is 1.64.